The van der Waals surface area contributed by atoms with E-state index in [4.69, 9.17) is 11.6 Å². The molecule has 0 fully saturated rings. The largest absolute Gasteiger partial charge is 0.309 e. The number of hydrogen-bond donors (Lipinski definition) is 1. The maximum Gasteiger partial charge on any atom is 0.151 e. The Kier molecular flexibility index (Phi) is 5.35. The normalized spacial score (nSPS) is 15.3. The van der Waals surface area contributed by atoms with E-state index in [-0.39, 0.29) is 5.02 Å². The van der Waals surface area contributed by atoms with Gasteiger partial charge in [-0.2, -0.15) is 0 Å². The van der Waals surface area contributed by atoms with Crippen LogP contribution in [0.3, 0.4) is 0 Å². The summed E-state index contributed by atoms with van der Waals surface area (Å²) in [6.45, 7) is 5.73. The first-order valence-corrected chi connectivity index (χ1v) is 8.39. The molecule has 1 aromatic carbocycles. The van der Waals surface area contributed by atoms with Crippen molar-refractivity contribution in [3.05, 3.63) is 34.1 Å². The van der Waals surface area contributed by atoms with Crippen LogP contribution in [-0.2, 0) is 9.84 Å². The Balaban J connectivity index is 3.31. The van der Waals surface area contributed by atoms with Gasteiger partial charge in [-0.15, -0.1) is 0 Å². The lowest BCUT2D eigenvalue weighted by Gasteiger charge is -2.25. The molecule has 108 valence electrons. The minimum absolute atomic E-state index is 0.240. The maximum absolute atomic E-state index is 13.4. The van der Waals surface area contributed by atoms with Crippen LogP contribution in [0.2, 0.25) is 5.02 Å². The van der Waals surface area contributed by atoms with Gasteiger partial charge >= 0.3 is 0 Å². The third kappa shape index (κ3) is 3.91. The van der Waals surface area contributed by atoms with Crippen molar-refractivity contribution in [3.63, 3.8) is 0 Å². The van der Waals surface area contributed by atoms with Gasteiger partial charge in [0.15, 0.2) is 9.84 Å². The molecular weight excluding hydrogens is 289 g/mol. The summed E-state index contributed by atoms with van der Waals surface area (Å²) in [5.74, 6) is -0.393. The Labute approximate surface area is 119 Å². The van der Waals surface area contributed by atoms with E-state index in [2.05, 4.69) is 5.32 Å². The van der Waals surface area contributed by atoms with E-state index in [0.29, 0.717) is 17.7 Å². The molecule has 1 rings (SSSR count). The molecule has 0 aliphatic rings. The van der Waals surface area contributed by atoms with Crippen LogP contribution in [0, 0.1) is 12.7 Å². The van der Waals surface area contributed by atoms with Crippen LogP contribution in [0.25, 0.3) is 0 Å². The SMILES string of the molecule is CCNC(c1cc(C)c(F)cc1Cl)C(C)S(C)(=O)=O. The fourth-order valence-electron chi connectivity index (χ4n) is 1.91. The summed E-state index contributed by atoms with van der Waals surface area (Å²) < 4.78 is 36.9. The lowest BCUT2D eigenvalue weighted by Crippen LogP contribution is -2.35. The van der Waals surface area contributed by atoms with E-state index in [1.54, 1.807) is 19.9 Å². The molecule has 1 aromatic rings. The fraction of sp³-hybridized carbons (Fsp3) is 0.538. The van der Waals surface area contributed by atoms with Gasteiger partial charge in [0.05, 0.1) is 11.3 Å². The van der Waals surface area contributed by atoms with Crippen molar-refractivity contribution in [2.45, 2.75) is 32.1 Å². The van der Waals surface area contributed by atoms with E-state index < -0.39 is 26.9 Å². The van der Waals surface area contributed by atoms with E-state index in [0.717, 1.165) is 0 Å². The second-order valence-electron chi connectivity index (χ2n) is 4.69. The van der Waals surface area contributed by atoms with Gasteiger partial charge in [0.1, 0.15) is 5.82 Å². The number of hydrogen-bond acceptors (Lipinski definition) is 3. The number of benzene rings is 1. The van der Waals surface area contributed by atoms with Gasteiger partial charge in [0.2, 0.25) is 0 Å². The first-order chi connectivity index (χ1) is 8.68. The molecule has 0 aliphatic heterocycles. The summed E-state index contributed by atoms with van der Waals surface area (Å²) in [6.07, 6.45) is 1.19. The Hall–Kier alpha value is -0.650. The molecule has 6 heteroatoms. The Morgan fingerprint density at radius 3 is 2.47 bits per heavy atom. The monoisotopic (exact) mass is 307 g/mol. The summed E-state index contributed by atoms with van der Waals surface area (Å²) in [4.78, 5) is 0. The molecule has 2 unspecified atom stereocenters. The number of aryl methyl sites for hydroxylation is 1. The second kappa shape index (κ2) is 6.20. The zero-order valence-corrected chi connectivity index (χ0v) is 13.1. The predicted molar refractivity (Wildman–Crippen MR) is 76.9 cm³/mol. The van der Waals surface area contributed by atoms with Crippen LogP contribution in [0.4, 0.5) is 4.39 Å². The van der Waals surface area contributed by atoms with Crippen LogP contribution >= 0.6 is 11.6 Å². The highest BCUT2D eigenvalue weighted by molar-refractivity contribution is 7.91. The number of halogens is 2. The van der Waals surface area contributed by atoms with Crippen molar-refractivity contribution < 1.29 is 12.8 Å². The van der Waals surface area contributed by atoms with Crippen molar-refractivity contribution >= 4 is 21.4 Å². The van der Waals surface area contributed by atoms with Crippen LogP contribution in [-0.4, -0.2) is 26.5 Å². The van der Waals surface area contributed by atoms with Gasteiger partial charge in [-0.25, -0.2) is 12.8 Å². The van der Waals surface area contributed by atoms with E-state index in [1.807, 2.05) is 6.92 Å². The van der Waals surface area contributed by atoms with Gasteiger partial charge in [-0.05, 0) is 37.6 Å². The molecule has 0 radical (unpaired) electrons. The van der Waals surface area contributed by atoms with Gasteiger partial charge in [-0.1, -0.05) is 24.6 Å². The Morgan fingerprint density at radius 2 is 2.00 bits per heavy atom. The number of nitrogens with one attached hydrogen (secondary N) is 1. The molecule has 3 nitrogen and oxygen atoms in total. The first kappa shape index (κ1) is 16.4. The highest BCUT2D eigenvalue weighted by Crippen LogP contribution is 2.30. The van der Waals surface area contributed by atoms with Gasteiger partial charge in [-0.3, -0.25) is 0 Å². The predicted octanol–water partition coefficient (Wildman–Crippen LogP) is 2.87. The lowest BCUT2D eigenvalue weighted by molar-refractivity contribution is 0.511. The number of sulfone groups is 1. The van der Waals surface area contributed by atoms with E-state index >= 15 is 0 Å². The summed E-state index contributed by atoms with van der Waals surface area (Å²) >= 11 is 6.05. The molecule has 0 saturated heterocycles. The van der Waals surface area contributed by atoms with Crippen LogP contribution in [0.5, 0.6) is 0 Å². The summed E-state index contributed by atoms with van der Waals surface area (Å²) in [5, 5.41) is 2.70. The fourth-order valence-corrected chi connectivity index (χ4v) is 2.92. The first-order valence-electron chi connectivity index (χ1n) is 6.06. The summed E-state index contributed by atoms with van der Waals surface area (Å²) in [5.41, 5.74) is 1.06. The third-order valence-corrected chi connectivity index (χ3v) is 5.13. The molecule has 0 spiro atoms. The topological polar surface area (TPSA) is 46.2 Å². The summed E-state index contributed by atoms with van der Waals surface area (Å²) in [6, 6.07) is 2.38. The zero-order chi connectivity index (χ0) is 14.8. The highest BCUT2D eigenvalue weighted by atomic mass is 35.5. The van der Waals surface area contributed by atoms with E-state index in [1.165, 1.54) is 12.3 Å². The lowest BCUT2D eigenvalue weighted by atomic mass is 10.0. The van der Waals surface area contributed by atoms with Crippen molar-refractivity contribution in [1.29, 1.82) is 0 Å². The van der Waals surface area contributed by atoms with Gasteiger partial charge in [0, 0.05) is 11.3 Å². The standard InChI is InChI=1S/C13H19ClFNO2S/c1-5-16-13(9(3)19(4,17)18)10-6-8(2)12(15)7-11(10)14/h6-7,9,13,16H,5H2,1-4H3. The van der Waals surface area contributed by atoms with Crippen LogP contribution < -0.4 is 5.32 Å². The minimum atomic E-state index is -3.23. The molecule has 0 aromatic heterocycles. The van der Waals surface area contributed by atoms with Crippen molar-refractivity contribution in [3.8, 4) is 0 Å². The average Bonchev–Trinajstić information content (AvgIpc) is 2.29. The highest BCUT2D eigenvalue weighted by Gasteiger charge is 2.28. The Bertz CT molecular complexity index is 560. The molecule has 19 heavy (non-hydrogen) atoms. The smallest absolute Gasteiger partial charge is 0.151 e. The molecular formula is C13H19ClFNO2S. The van der Waals surface area contributed by atoms with Gasteiger partial charge in [0.25, 0.3) is 0 Å². The molecule has 0 saturated carbocycles. The third-order valence-electron chi connectivity index (χ3n) is 3.18. The van der Waals surface area contributed by atoms with E-state index in [9.17, 15) is 12.8 Å². The molecule has 1 N–H and O–H groups in total. The molecule has 2 atom stereocenters. The minimum Gasteiger partial charge on any atom is -0.309 e. The summed E-state index contributed by atoms with van der Waals surface area (Å²) in [7, 11) is -3.23. The van der Waals surface area contributed by atoms with Crippen LogP contribution in [0.15, 0.2) is 12.1 Å². The van der Waals surface area contributed by atoms with Crippen molar-refractivity contribution in [2.24, 2.45) is 0 Å². The molecule has 0 heterocycles. The maximum atomic E-state index is 13.4. The molecule has 0 amide bonds. The second-order valence-corrected chi connectivity index (χ2v) is 7.50. The molecule has 0 bridgehead atoms. The Morgan fingerprint density at radius 1 is 1.42 bits per heavy atom. The van der Waals surface area contributed by atoms with Crippen molar-refractivity contribution in [1.82, 2.24) is 5.32 Å². The van der Waals surface area contributed by atoms with Crippen molar-refractivity contribution in [2.75, 3.05) is 12.8 Å². The quantitative estimate of drug-likeness (QED) is 0.910. The zero-order valence-electron chi connectivity index (χ0n) is 11.5. The average molecular weight is 308 g/mol. The van der Waals surface area contributed by atoms with Gasteiger partial charge < -0.3 is 5.32 Å². The number of rotatable bonds is 5. The molecule has 0 aliphatic carbocycles. The van der Waals surface area contributed by atoms with Crippen LogP contribution in [0.1, 0.15) is 31.0 Å².